The van der Waals surface area contributed by atoms with Crippen molar-refractivity contribution in [3.05, 3.63) is 57.8 Å². The van der Waals surface area contributed by atoms with Crippen molar-refractivity contribution in [1.29, 1.82) is 0 Å². The zero-order valence-electron chi connectivity index (χ0n) is 10.0. The van der Waals surface area contributed by atoms with Crippen molar-refractivity contribution < 1.29 is 0 Å². The molecule has 1 nitrogen and oxygen atoms in total. The molecule has 1 aromatic carbocycles. The first-order valence-electron chi connectivity index (χ1n) is 6.19. The summed E-state index contributed by atoms with van der Waals surface area (Å²) in [5.74, 6) is 0.716. The second kappa shape index (κ2) is 4.63. The Labute approximate surface area is 106 Å². The molecule has 3 rings (SSSR count). The average Bonchev–Trinajstić information content (AvgIpc) is 2.83. The maximum absolute atomic E-state index is 3.64. The van der Waals surface area contributed by atoms with E-state index in [9.17, 15) is 0 Å². The smallest absolute Gasteiger partial charge is 0.0386 e. The Kier molecular flexibility index (Phi) is 3.00. The van der Waals surface area contributed by atoms with Gasteiger partial charge in [0.15, 0.2) is 0 Å². The minimum Gasteiger partial charge on any atom is -0.309 e. The van der Waals surface area contributed by atoms with Gasteiger partial charge in [-0.2, -0.15) is 0 Å². The fourth-order valence-electron chi connectivity index (χ4n) is 2.50. The van der Waals surface area contributed by atoms with Crippen molar-refractivity contribution in [2.75, 3.05) is 6.54 Å². The topological polar surface area (TPSA) is 12.0 Å². The third-order valence-electron chi connectivity index (χ3n) is 3.60. The third kappa shape index (κ3) is 2.15. The summed E-state index contributed by atoms with van der Waals surface area (Å²) in [5.41, 5.74) is 3.07. The van der Waals surface area contributed by atoms with Gasteiger partial charge in [-0.05, 0) is 35.9 Å². The first kappa shape index (κ1) is 11.0. The highest BCUT2D eigenvalue weighted by Crippen LogP contribution is 2.34. The molecule has 2 heteroatoms. The van der Waals surface area contributed by atoms with Crippen LogP contribution in [0.2, 0.25) is 0 Å². The van der Waals surface area contributed by atoms with Gasteiger partial charge in [0, 0.05) is 23.4 Å². The highest BCUT2D eigenvalue weighted by atomic mass is 32.1. The molecule has 0 bridgehead atoms. The van der Waals surface area contributed by atoms with Gasteiger partial charge in [0.25, 0.3) is 0 Å². The van der Waals surface area contributed by atoms with Crippen LogP contribution in [0.4, 0.5) is 0 Å². The maximum Gasteiger partial charge on any atom is 0.0386 e. The van der Waals surface area contributed by atoms with Crippen molar-refractivity contribution in [3.63, 3.8) is 0 Å². The molecular formula is C15H17NS. The molecule has 0 fully saturated rings. The Morgan fingerprint density at radius 3 is 2.94 bits per heavy atom. The lowest BCUT2D eigenvalue weighted by atomic mass is 9.77. The number of hydrogen-bond acceptors (Lipinski definition) is 2. The Morgan fingerprint density at radius 2 is 2.18 bits per heavy atom. The van der Waals surface area contributed by atoms with Crippen molar-refractivity contribution in [2.45, 2.75) is 25.3 Å². The van der Waals surface area contributed by atoms with E-state index in [1.807, 2.05) is 11.3 Å². The van der Waals surface area contributed by atoms with Crippen LogP contribution in [-0.4, -0.2) is 6.54 Å². The van der Waals surface area contributed by atoms with Gasteiger partial charge >= 0.3 is 0 Å². The van der Waals surface area contributed by atoms with E-state index in [4.69, 9.17) is 0 Å². The largest absolute Gasteiger partial charge is 0.309 e. The minimum absolute atomic E-state index is 0.475. The van der Waals surface area contributed by atoms with E-state index >= 15 is 0 Å². The lowest BCUT2D eigenvalue weighted by Gasteiger charge is -2.31. The zero-order valence-corrected chi connectivity index (χ0v) is 10.8. The van der Waals surface area contributed by atoms with E-state index in [-0.39, 0.29) is 0 Å². The fourth-order valence-corrected chi connectivity index (χ4v) is 3.26. The van der Waals surface area contributed by atoms with Crippen LogP contribution in [0.1, 0.15) is 34.9 Å². The summed E-state index contributed by atoms with van der Waals surface area (Å²) < 4.78 is 0. The molecule has 1 aliphatic rings. The van der Waals surface area contributed by atoms with Crippen LogP contribution in [-0.2, 0) is 6.42 Å². The summed E-state index contributed by atoms with van der Waals surface area (Å²) in [6.45, 7) is 3.34. The van der Waals surface area contributed by atoms with Crippen molar-refractivity contribution in [2.24, 2.45) is 0 Å². The summed E-state index contributed by atoms with van der Waals surface area (Å²) in [5, 5.41) is 5.78. The molecule has 2 aromatic rings. The Bertz CT molecular complexity index is 489. The van der Waals surface area contributed by atoms with Crippen LogP contribution >= 0.6 is 11.3 Å². The molecular weight excluding hydrogens is 226 g/mol. The van der Waals surface area contributed by atoms with Gasteiger partial charge in [-0.15, -0.1) is 11.3 Å². The second-order valence-electron chi connectivity index (χ2n) is 4.75. The van der Waals surface area contributed by atoms with Crippen molar-refractivity contribution in [1.82, 2.24) is 5.32 Å². The molecule has 2 atom stereocenters. The molecule has 1 aliphatic carbocycles. The summed E-state index contributed by atoms with van der Waals surface area (Å²) in [7, 11) is 0. The lowest BCUT2D eigenvalue weighted by molar-refractivity contribution is 0.493. The molecule has 0 radical (unpaired) electrons. The normalized spacial score (nSPS) is 19.5. The van der Waals surface area contributed by atoms with E-state index in [2.05, 4.69) is 54.0 Å². The molecule has 88 valence electrons. The van der Waals surface area contributed by atoms with Crippen LogP contribution in [0.25, 0.3) is 0 Å². The fraction of sp³-hybridized carbons (Fsp3) is 0.333. The number of thiophene rings is 1. The standard InChI is InChI=1S/C15H17NS/c1-11(15-7-4-8-17-15)16-10-13-9-12-5-2-3-6-14(12)13/h2-8,11,13,16H,9-10H2,1H3/t11-,13?/m1/s1. The molecule has 1 unspecified atom stereocenters. The molecule has 1 aromatic heterocycles. The predicted octanol–water partition coefficient (Wildman–Crippen LogP) is 3.74. The van der Waals surface area contributed by atoms with Crippen molar-refractivity contribution in [3.8, 4) is 0 Å². The molecule has 0 aliphatic heterocycles. The first-order chi connectivity index (χ1) is 8.34. The number of nitrogens with one attached hydrogen (secondary N) is 1. The molecule has 0 spiro atoms. The number of hydrogen-bond donors (Lipinski definition) is 1. The van der Waals surface area contributed by atoms with Crippen LogP contribution in [0, 0.1) is 0 Å². The van der Waals surface area contributed by atoms with Gasteiger partial charge < -0.3 is 5.32 Å². The quantitative estimate of drug-likeness (QED) is 0.862. The van der Waals surface area contributed by atoms with Gasteiger partial charge in [0.1, 0.15) is 0 Å². The van der Waals surface area contributed by atoms with Crippen LogP contribution in [0.3, 0.4) is 0 Å². The Balaban J connectivity index is 1.57. The minimum atomic E-state index is 0.475. The monoisotopic (exact) mass is 243 g/mol. The van der Waals surface area contributed by atoms with E-state index in [0.717, 1.165) is 6.54 Å². The van der Waals surface area contributed by atoms with Gasteiger partial charge in [-0.1, -0.05) is 30.3 Å². The maximum atomic E-state index is 3.64. The Hall–Kier alpha value is -1.12. The van der Waals surface area contributed by atoms with Gasteiger partial charge in [0.05, 0.1) is 0 Å². The highest BCUT2D eigenvalue weighted by molar-refractivity contribution is 7.10. The highest BCUT2D eigenvalue weighted by Gasteiger charge is 2.25. The number of benzene rings is 1. The Morgan fingerprint density at radius 1 is 1.29 bits per heavy atom. The number of rotatable bonds is 4. The van der Waals surface area contributed by atoms with Crippen LogP contribution in [0.15, 0.2) is 41.8 Å². The van der Waals surface area contributed by atoms with Gasteiger partial charge in [-0.25, -0.2) is 0 Å². The average molecular weight is 243 g/mol. The number of fused-ring (bicyclic) bond motifs is 1. The van der Waals surface area contributed by atoms with E-state index in [0.29, 0.717) is 12.0 Å². The predicted molar refractivity (Wildman–Crippen MR) is 73.6 cm³/mol. The first-order valence-corrected chi connectivity index (χ1v) is 7.07. The van der Waals surface area contributed by atoms with Gasteiger partial charge in [-0.3, -0.25) is 0 Å². The molecule has 0 saturated heterocycles. The van der Waals surface area contributed by atoms with Crippen LogP contribution < -0.4 is 5.32 Å². The van der Waals surface area contributed by atoms with E-state index in [1.165, 1.54) is 16.9 Å². The van der Waals surface area contributed by atoms with E-state index in [1.54, 1.807) is 5.56 Å². The molecule has 1 N–H and O–H groups in total. The zero-order chi connectivity index (χ0) is 11.7. The third-order valence-corrected chi connectivity index (χ3v) is 4.66. The van der Waals surface area contributed by atoms with Crippen LogP contribution in [0.5, 0.6) is 0 Å². The molecule has 0 amide bonds. The molecule has 17 heavy (non-hydrogen) atoms. The summed E-state index contributed by atoms with van der Waals surface area (Å²) in [4.78, 5) is 1.43. The lowest BCUT2D eigenvalue weighted by Crippen LogP contribution is -2.30. The summed E-state index contributed by atoms with van der Waals surface area (Å²) >= 11 is 1.83. The molecule has 1 heterocycles. The molecule has 0 saturated carbocycles. The SMILES string of the molecule is C[C@@H](NCC1Cc2ccccc21)c1cccs1. The van der Waals surface area contributed by atoms with Gasteiger partial charge in [0.2, 0.25) is 0 Å². The van der Waals surface area contributed by atoms with E-state index < -0.39 is 0 Å². The summed E-state index contributed by atoms with van der Waals surface area (Å²) in [6, 6.07) is 13.6. The second-order valence-corrected chi connectivity index (χ2v) is 5.72. The summed E-state index contributed by atoms with van der Waals surface area (Å²) in [6.07, 6.45) is 1.24. The van der Waals surface area contributed by atoms with Crippen molar-refractivity contribution >= 4 is 11.3 Å².